The summed E-state index contributed by atoms with van der Waals surface area (Å²) in [6.07, 6.45) is 4.94. The predicted octanol–water partition coefficient (Wildman–Crippen LogP) is 4.07. The molecule has 2 heterocycles. The summed E-state index contributed by atoms with van der Waals surface area (Å²) in [4.78, 5) is 9.38. The highest BCUT2D eigenvalue weighted by atomic mass is 16.3. The minimum absolute atomic E-state index is 0.262. The zero-order valence-electron chi connectivity index (χ0n) is 14.1. The normalized spacial score (nSPS) is 15.2. The smallest absolute Gasteiger partial charge is 0.236 e. The third-order valence-electron chi connectivity index (χ3n) is 4.74. The Balaban J connectivity index is 1.90. The molecule has 0 bridgehead atoms. The molecule has 5 heteroatoms. The van der Waals surface area contributed by atoms with Gasteiger partial charge in [0, 0.05) is 23.0 Å². The molecule has 0 radical (unpaired) electrons. The van der Waals surface area contributed by atoms with Crippen LogP contribution in [0.15, 0.2) is 30.3 Å². The van der Waals surface area contributed by atoms with E-state index in [0.717, 1.165) is 34.2 Å². The van der Waals surface area contributed by atoms with E-state index in [0.29, 0.717) is 6.04 Å². The number of rotatable bonds is 3. The van der Waals surface area contributed by atoms with Gasteiger partial charge in [-0.05, 0) is 57.0 Å². The van der Waals surface area contributed by atoms with Gasteiger partial charge in [0.05, 0.1) is 0 Å². The lowest BCUT2D eigenvalue weighted by Crippen LogP contribution is -2.17. The number of imidazole rings is 1. The number of phenols is 1. The lowest BCUT2D eigenvalue weighted by Gasteiger charge is -2.16. The van der Waals surface area contributed by atoms with Gasteiger partial charge in [-0.2, -0.15) is 0 Å². The van der Waals surface area contributed by atoms with E-state index >= 15 is 0 Å². The van der Waals surface area contributed by atoms with Crippen LogP contribution in [0, 0.1) is 13.8 Å². The van der Waals surface area contributed by atoms with Crippen molar-refractivity contribution in [1.82, 2.24) is 14.4 Å². The lowest BCUT2D eigenvalue weighted by molar-refractivity contribution is 0.475. The molecule has 5 nitrogen and oxygen atoms in total. The van der Waals surface area contributed by atoms with E-state index in [-0.39, 0.29) is 5.75 Å². The first-order valence-corrected chi connectivity index (χ1v) is 8.54. The number of benzene rings is 1. The Kier molecular flexibility index (Phi) is 3.63. The summed E-state index contributed by atoms with van der Waals surface area (Å²) in [5.41, 5.74) is 3.96. The number of anilines is 1. The Hall–Kier alpha value is -2.56. The third-order valence-corrected chi connectivity index (χ3v) is 4.74. The fourth-order valence-electron chi connectivity index (χ4n) is 3.59. The lowest BCUT2D eigenvalue weighted by atomic mass is 10.1. The summed E-state index contributed by atoms with van der Waals surface area (Å²) in [7, 11) is 0. The fraction of sp³-hybridized carbons (Fsp3) is 0.368. The first-order chi connectivity index (χ1) is 11.6. The average molecular weight is 322 g/mol. The zero-order valence-corrected chi connectivity index (χ0v) is 14.1. The summed E-state index contributed by atoms with van der Waals surface area (Å²) in [6.45, 7) is 4.08. The molecular weight excluding hydrogens is 300 g/mol. The molecule has 0 aliphatic heterocycles. The molecular formula is C19H22N4O. The molecule has 0 atom stereocenters. The zero-order chi connectivity index (χ0) is 16.7. The molecule has 0 unspecified atom stereocenters. The van der Waals surface area contributed by atoms with Crippen LogP contribution in [0.3, 0.4) is 0 Å². The van der Waals surface area contributed by atoms with Crippen LogP contribution in [0.4, 0.5) is 5.82 Å². The van der Waals surface area contributed by atoms with E-state index in [1.807, 2.05) is 19.1 Å². The van der Waals surface area contributed by atoms with E-state index < -0.39 is 0 Å². The molecule has 0 spiro atoms. The molecule has 24 heavy (non-hydrogen) atoms. The number of hydrogen-bond acceptors (Lipinski definition) is 4. The predicted molar refractivity (Wildman–Crippen MR) is 95.4 cm³/mol. The van der Waals surface area contributed by atoms with E-state index in [4.69, 9.17) is 4.98 Å². The number of phenolic OH excluding ortho intramolecular Hbond substituents is 1. The van der Waals surface area contributed by atoms with Gasteiger partial charge < -0.3 is 10.4 Å². The van der Waals surface area contributed by atoms with Gasteiger partial charge in [0.25, 0.3) is 0 Å². The standard InChI is InChI=1S/C19H22N4O/c1-12-11-13(2)23-18(21-15-5-3-4-6-15)17(22-19(23)20-12)14-7-9-16(24)10-8-14/h7-11,15,21,24H,3-6H2,1-2H3. The van der Waals surface area contributed by atoms with Crippen molar-refractivity contribution in [2.45, 2.75) is 45.6 Å². The number of aromatic hydroxyl groups is 1. The minimum Gasteiger partial charge on any atom is -0.508 e. The maximum atomic E-state index is 9.57. The second-order valence-electron chi connectivity index (χ2n) is 6.66. The van der Waals surface area contributed by atoms with Crippen molar-refractivity contribution in [1.29, 1.82) is 0 Å². The van der Waals surface area contributed by atoms with Gasteiger partial charge in [-0.25, -0.2) is 9.97 Å². The Morgan fingerprint density at radius 2 is 1.79 bits per heavy atom. The first-order valence-electron chi connectivity index (χ1n) is 8.54. The summed E-state index contributed by atoms with van der Waals surface area (Å²) in [5, 5.41) is 13.3. The summed E-state index contributed by atoms with van der Waals surface area (Å²) in [5.74, 6) is 1.99. The SMILES string of the molecule is Cc1cc(C)n2c(NC3CCCC3)c(-c3ccc(O)cc3)nc2n1. The number of nitrogens with zero attached hydrogens (tertiary/aromatic N) is 3. The maximum absolute atomic E-state index is 9.57. The molecule has 2 aromatic heterocycles. The van der Waals surface area contributed by atoms with Crippen molar-refractivity contribution >= 4 is 11.6 Å². The topological polar surface area (TPSA) is 62.5 Å². The number of hydrogen-bond donors (Lipinski definition) is 2. The molecule has 1 aliphatic carbocycles. The van der Waals surface area contributed by atoms with Crippen LogP contribution < -0.4 is 5.32 Å². The highest BCUT2D eigenvalue weighted by Gasteiger charge is 2.22. The van der Waals surface area contributed by atoms with Crippen LogP contribution in [-0.2, 0) is 0 Å². The Morgan fingerprint density at radius 3 is 2.50 bits per heavy atom. The van der Waals surface area contributed by atoms with Crippen molar-refractivity contribution in [2.75, 3.05) is 5.32 Å². The minimum atomic E-state index is 0.262. The van der Waals surface area contributed by atoms with Gasteiger partial charge >= 0.3 is 0 Å². The van der Waals surface area contributed by atoms with Gasteiger partial charge in [-0.3, -0.25) is 4.40 Å². The average Bonchev–Trinajstić information content (AvgIpc) is 3.17. The second kappa shape index (κ2) is 5.82. The molecule has 0 saturated heterocycles. The summed E-state index contributed by atoms with van der Waals surface area (Å²) in [6, 6.07) is 9.77. The first kappa shape index (κ1) is 15.0. The molecule has 1 fully saturated rings. The molecule has 1 saturated carbocycles. The number of aromatic nitrogens is 3. The monoisotopic (exact) mass is 322 g/mol. The summed E-state index contributed by atoms with van der Waals surface area (Å²) < 4.78 is 2.10. The van der Waals surface area contributed by atoms with Crippen LogP contribution in [0.1, 0.15) is 37.1 Å². The number of nitrogens with one attached hydrogen (secondary N) is 1. The molecule has 3 aromatic rings. The van der Waals surface area contributed by atoms with Gasteiger partial charge in [0.2, 0.25) is 5.78 Å². The van der Waals surface area contributed by atoms with E-state index in [1.165, 1.54) is 25.7 Å². The van der Waals surface area contributed by atoms with Crippen LogP contribution >= 0.6 is 0 Å². The van der Waals surface area contributed by atoms with Crippen LogP contribution in [0.2, 0.25) is 0 Å². The van der Waals surface area contributed by atoms with Crippen molar-refractivity contribution in [3.05, 3.63) is 41.7 Å². The highest BCUT2D eigenvalue weighted by molar-refractivity contribution is 5.76. The molecule has 2 N–H and O–H groups in total. The number of fused-ring (bicyclic) bond motifs is 1. The Labute approximate surface area is 141 Å². The van der Waals surface area contributed by atoms with Crippen LogP contribution in [-0.4, -0.2) is 25.5 Å². The Morgan fingerprint density at radius 1 is 1.08 bits per heavy atom. The quantitative estimate of drug-likeness (QED) is 0.763. The van der Waals surface area contributed by atoms with Gasteiger partial charge in [-0.15, -0.1) is 0 Å². The Bertz CT molecular complexity index is 877. The van der Waals surface area contributed by atoms with Gasteiger partial charge in [0.1, 0.15) is 17.3 Å². The van der Waals surface area contributed by atoms with Crippen molar-refractivity contribution < 1.29 is 5.11 Å². The molecule has 1 aliphatic rings. The third kappa shape index (κ3) is 2.60. The van der Waals surface area contributed by atoms with Crippen molar-refractivity contribution in [3.63, 3.8) is 0 Å². The van der Waals surface area contributed by atoms with Crippen molar-refractivity contribution in [2.24, 2.45) is 0 Å². The maximum Gasteiger partial charge on any atom is 0.236 e. The molecule has 4 rings (SSSR count). The molecule has 1 aromatic carbocycles. The van der Waals surface area contributed by atoms with Crippen molar-refractivity contribution in [3.8, 4) is 17.0 Å². The highest BCUT2D eigenvalue weighted by Crippen LogP contribution is 2.33. The molecule has 124 valence electrons. The van der Waals surface area contributed by atoms with Crippen LogP contribution in [0.5, 0.6) is 5.75 Å². The van der Waals surface area contributed by atoms with E-state index in [9.17, 15) is 5.11 Å². The van der Waals surface area contributed by atoms with Gasteiger partial charge in [-0.1, -0.05) is 12.8 Å². The van der Waals surface area contributed by atoms with Crippen LogP contribution in [0.25, 0.3) is 17.0 Å². The molecule has 0 amide bonds. The fourth-order valence-corrected chi connectivity index (χ4v) is 3.59. The van der Waals surface area contributed by atoms with E-state index in [2.05, 4.69) is 27.7 Å². The summed E-state index contributed by atoms with van der Waals surface area (Å²) >= 11 is 0. The van der Waals surface area contributed by atoms with E-state index in [1.54, 1.807) is 12.1 Å². The largest absolute Gasteiger partial charge is 0.508 e. The second-order valence-corrected chi connectivity index (χ2v) is 6.66. The number of aryl methyl sites for hydroxylation is 2. The van der Waals surface area contributed by atoms with Gasteiger partial charge in [0.15, 0.2) is 0 Å².